The third kappa shape index (κ3) is 3.57. The van der Waals surface area contributed by atoms with Gasteiger partial charge in [0.25, 0.3) is 0 Å². The molecule has 1 atom stereocenters. The number of aromatic amines is 1. The molecule has 3 aromatic rings. The van der Waals surface area contributed by atoms with Gasteiger partial charge in [-0.05, 0) is 44.9 Å². The minimum absolute atomic E-state index is 0.297. The third-order valence-electron chi connectivity index (χ3n) is 4.75. The molecule has 1 aliphatic heterocycles. The van der Waals surface area contributed by atoms with Crippen LogP contribution in [0.2, 0.25) is 0 Å². The van der Waals surface area contributed by atoms with Crippen LogP contribution in [0.25, 0.3) is 0 Å². The van der Waals surface area contributed by atoms with Gasteiger partial charge in [-0.2, -0.15) is 0 Å². The van der Waals surface area contributed by atoms with Gasteiger partial charge in [-0.1, -0.05) is 6.07 Å². The summed E-state index contributed by atoms with van der Waals surface area (Å²) in [4.78, 5) is 23.4. The summed E-state index contributed by atoms with van der Waals surface area (Å²) in [5.41, 5.74) is 3.28. The highest BCUT2D eigenvalue weighted by molar-refractivity contribution is 5.55. The smallest absolute Gasteiger partial charge is 0.135 e. The van der Waals surface area contributed by atoms with Gasteiger partial charge in [-0.25, -0.2) is 19.9 Å². The fraction of sp³-hybridized carbons (Fsp3) is 0.368. The Kier molecular flexibility index (Phi) is 4.62. The van der Waals surface area contributed by atoms with Crippen molar-refractivity contribution in [3.05, 3.63) is 59.7 Å². The summed E-state index contributed by atoms with van der Waals surface area (Å²) < 4.78 is 0. The summed E-state index contributed by atoms with van der Waals surface area (Å²) in [6.07, 6.45) is 7.67. The van der Waals surface area contributed by atoms with Gasteiger partial charge in [0, 0.05) is 30.7 Å². The van der Waals surface area contributed by atoms with Crippen molar-refractivity contribution in [3.8, 4) is 0 Å². The van der Waals surface area contributed by atoms with Crippen molar-refractivity contribution in [2.75, 3.05) is 11.9 Å². The molecule has 0 unspecified atom stereocenters. The number of likely N-dealkylation sites (tertiary alicyclic amines) is 1. The monoisotopic (exact) mass is 349 g/mol. The Morgan fingerprint density at radius 2 is 2.23 bits per heavy atom. The molecule has 2 N–H and O–H groups in total. The van der Waals surface area contributed by atoms with E-state index in [-0.39, 0.29) is 0 Å². The van der Waals surface area contributed by atoms with Gasteiger partial charge in [0.1, 0.15) is 17.5 Å². The van der Waals surface area contributed by atoms with Gasteiger partial charge in [0.05, 0.1) is 18.1 Å². The molecule has 0 saturated carbocycles. The zero-order valence-electron chi connectivity index (χ0n) is 15.1. The topological polar surface area (TPSA) is 82.6 Å². The number of rotatable bonds is 5. The molecule has 3 aromatic heterocycles. The Hall–Kier alpha value is -2.80. The van der Waals surface area contributed by atoms with Gasteiger partial charge in [-0.3, -0.25) is 4.90 Å². The molecule has 134 valence electrons. The second kappa shape index (κ2) is 7.21. The van der Waals surface area contributed by atoms with Crippen molar-refractivity contribution in [3.63, 3.8) is 0 Å². The van der Waals surface area contributed by atoms with Gasteiger partial charge < -0.3 is 10.3 Å². The molecule has 26 heavy (non-hydrogen) atoms. The molecule has 0 aromatic carbocycles. The molecule has 1 saturated heterocycles. The summed E-state index contributed by atoms with van der Waals surface area (Å²) in [6, 6.07) is 6.32. The number of nitrogens with one attached hydrogen (secondary N) is 2. The maximum absolute atomic E-state index is 4.72. The fourth-order valence-electron chi connectivity index (χ4n) is 3.50. The van der Waals surface area contributed by atoms with Crippen LogP contribution in [-0.4, -0.2) is 36.4 Å². The van der Waals surface area contributed by atoms with Crippen molar-refractivity contribution in [2.45, 2.75) is 39.3 Å². The van der Waals surface area contributed by atoms with E-state index in [0.717, 1.165) is 53.9 Å². The van der Waals surface area contributed by atoms with Crippen LogP contribution < -0.4 is 5.32 Å². The molecule has 0 aliphatic carbocycles. The zero-order chi connectivity index (χ0) is 17.9. The second-order valence-electron chi connectivity index (χ2n) is 6.72. The van der Waals surface area contributed by atoms with E-state index < -0.39 is 0 Å². The lowest BCUT2D eigenvalue weighted by Gasteiger charge is -2.24. The van der Waals surface area contributed by atoms with Crippen LogP contribution in [0.3, 0.4) is 0 Å². The summed E-state index contributed by atoms with van der Waals surface area (Å²) in [7, 11) is 0. The largest absolute Gasteiger partial charge is 0.347 e. The maximum atomic E-state index is 4.72. The minimum Gasteiger partial charge on any atom is -0.347 e. The van der Waals surface area contributed by atoms with Crippen LogP contribution in [0.4, 0.5) is 11.6 Å². The van der Waals surface area contributed by atoms with Crippen LogP contribution in [0.5, 0.6) is 0 Å². The van der Waals surface area contributed by atoms with E-state index in [0.29, 0.717) is 6.04 Å². The standard InChI is InChI=1S/C19H23N7/c1-13-5-3-7-21-19(13)25-18-9-16(23-14(2)24-18)17-6-4-8-26(17)11-15-10-20-12-22-15/h3,5,7,9-10,12,17H,4,6,8,11H2,1-2H3,(H,20,22)(H,21,23,24,25)/t17-/m1/s1. The average molecular weight is 349 g/mol. The molecule has 0 amide bonds. The van der Waals surface area contributed by atoms with Crippen molar-refractivity contribution >= 4 is 11.6 Å². The van der Waals surface area contributed by atoms with Crippen LogP contribution in [0.1, 0.15) is 41.7 Å². The number of hydrogen-bond donors (Lipinski definition) is 2. The van der Waals surface area contributed by atoms with Crippen LogP contribution >= 0.6 is 0 Å². The Labute approximate surface area is 152 Å². The van der Waals surface area contributed by atoms with Crippen LogP contribution in [0, 0.1) is 13.8 Å². The van der Waals surface area contributed by atoms with Gasteiger partial charge in [0.15, 0.2) is 0 Å². The van der Waals surface area contributed by atoms with Crippen LogP contribution in [-0.2, 0) is 6.54 Å². The van der Waals surface area contributed by atoms with Crippen LogP contribution in [0.15, 0.2) is 36.9 Å². The SMILES string of the molecule is Cc1nc(Nc2ncccc2C)cc([C@H]2CCCN2Cc2cnc[nH]2)n1. The van der Waals surface area contributed by atoms with Crippen molar-refractivity contribution in [1.82, 2.24) is 29.8 Å². The van der Waals surface area contributed by atoms with Crippen molar-refractivity contribution < 1.29 is 0 Å². The summed E-state index contributed by atoms with van der Waals surface area (Å²) in [6.45, 7) is 5.90. The number of imidazole rings is 1. The highest BCUT2D eigenvalue weighted by Gasteiger charge is 2.28. The number of aromatic nitrogens is 5. The number of anilines is 2. The first-order chi connectivity index (χ1) is 12.7. The molecule has 4 rings (SSSR count). The number of H-pyrrole nitrogens is 1. The summed E-state index contributed by atoms with van der Waals surface area (Å²) >= 11 is 0. The van der Waals surface area contributed by atoms with Crippen molar-refractivity contribution in [1.29, 1.82) is 0 Å². The first kappa shape index (κ1) is 16.7. The molecular formula is C19H23N7. The third-order valence-corrected chi connectivity index (χ3v) is 4.75. The number of hydrogen-bond acceptors (Lipinski definition) is 6. The first-order valence-corrected chi connectivity index (χ1v) is 8.94. The van der Waals surface area contributed by atoms with E-state index >= 15 is 0 Å². The second-order valence-corrected chi connectivity index (χ2v) is 6.72. The van der Waals surface area contributed by atoms with Gasteiger partial charge in [0.2, 0.25) is 0 Å². The zero-order valence-corrected chi connectivity index (χ0v) is 15.1. The average Bonchev–Trinajstić information content (AvgIpc) is 3.29. The molecule has 7 heteroatoms. The highest BCUT2D eigenvalue weighted by Crippen LogP contribution is 2.33. The van der Waals surface area contributed by atoms with E-state index in [2.05, 4.69) is 36.2 Å². The van der Waals surface area contributed by atoms with Gasteiger partial charge in [-0.15, -0.1) is 0 Å². The van der Waals surface area contributed by atoms with E-state index in [9.17, 15) is 0 Å². The number of aryl methyl sites for hydroxylation is 2. The normalized spacial score (nSPS) is 17.5. The molecule has 0 radical (unpaired) electrons. The molecule has 1 aliphatic rings. The Balaban J connectivity index is 1.58. The molecular weight excluding hydrogens is 326 g/mol. The van der Waals surface area contributed by atoms with Crippen molar-refractivity contribution in [2.24, 2.45) is 0 Å². The minimum atomic E-state index is 0.297. The predicted octanol–water partition coefficient (Wildman–Crippen LogP) is 3.29. The Bertz CT molecular complexity index is 875. The molecule has 4 heterocycles. The molecule has 1 fully saturated rings. The maximum Gasteiger partial charge on any atom is 0.135 e. The summed E-state index contributed by atoms with van der Waals surface area (Å²) in [5.74, 6) is 2.40. The lowest BCUT2D eigenvalue weighted by atomic mass is 10.1. The van der Waals surface area contributed by atoms with E-state index in [4.69, 9.17) is 4.98 Å². The first-order valence-electron chi connectivity index (χ1n) is 8.94. The highest BCUT2D eigenvalue weighted by atomic mass is 15.2. The lowest BCUT2D eigenvalue weighted by molar-refractivity contribution is 0.241. The lowest BCUT2D eigenvalue weighted by Crippen LogP contribution is -2.24. The Morgan fingerprint density at radius 1 is 1.31 bits per heavy atom. The molecule has 7 nitrogen and oxygen atoms in total. The number of pyridine rings is 1. The predicted molar refractivity (Wildman–Crippen MR) is 100.0 cm³/mol. The van der Waals surface area contributed by atoms with E-state index in [1.54, 1.807) is 12.5 Å². The quantitative estimate of drug-likeness (QED) is 0.735. The van der Waals surface area contributed by atoms with E-state index in [1.165, 1.54) is 6.42 Å². The molecule has 0 bridgehead atoms. The number of nitrogens with zero attached hydrogens (tertiary/aromatic N) is 5. The van der Waals surface area contributed by atoms with E-state index in [1.807, 2.05) is 32.2 Å². The molecule has 0 spiro atoms. The Morgan fingerprint density at radius 3 is 3.04 bits per heavy atom. The fourth-order valence-corrected chi connectivity index (χ4v) is 3.50. The van der Waals surface area contributed by atoms with Gasteiger partial charge >= 0.3 is 0 Å². The summed E-state index contributed by atoms with van der Waals surface area (Å²) in [5, 5.41) is 3.34.